The second-order valence-electron chi connectivity index (χ2n) is 3.68. The first-order valence-corrected chi connectivity index (χ1v) is 4.83. The van der Waals surface area contributed by atoms with Gasteiger partial charge >= 0.3 is 0 Å². The van der Waals surface area contributed by atoms with Crippen LogP contribution in [0.15, 0.2) is 0 Å². The van der Waals surface area contributed by atoms with Gasteiger partial charge in [0.2, 0.25) is 0 Å². The molecule has 0 spiro atoms. The largest absolute Gasteiger partial charge is 0.393 e. The molecule has 0 amide bonds. The van der Waals surface area contributed by atoms with Crippen molar-refractivity contribution in [1.82, 2.24) is 0 Å². The Balaban J connectivity index is 3.14. The molecule has 0 bridgehead atoms. The normalized spacial score (nSPS) is 16.0. The van der Waals surface area contributed by atoms with E-state index in [-0.39, 0.29) is 6.10 Å². The summed E-state index contributed by atoms with van der Waals surface area (Å²) in [5.74, 6) is 0.641. The van der Waals surface area contributed by atoms with Gasteiger partial charge in [-0.3, -0.25) is 0 Å². The lowest BCUT2D eigenvalue weighted by atomic mass is 9.98. The van der Waals surface area contributed by atoms with Crippen LogP contribution >= 0.6 is 0 Å². The average molecular weight is 174 g/mol. The highest BCUT2D eigenvalue weighted by Gasteiger charge is 2.04. The van der Waals surface area contributed by atoms with Gasteiger partial charge in [-0.15, -0.1) is 0 Å². The topological polar surface area (TPSA) is 29.5 Å². The molecule has 0 aliphatic heterocycles. The molecule has 2 unspecified atom stereocenters. The molecule has 0 fully saturated rings. The van der Waals surface area contributed by atoms with E-state index in [0.29, 0.717) is 5.92 Å². The van der Waals surface area contributed by atoms with E-state index in [1.165, 1.54) is 12.8 Å². The molecule has 2 heteroatoms. The number of hydrogen-bond acceptors (Lipinski definition) is 2. The highest BCUT2D eigenvalue weighted by Crippen LogP contribution is 2.13. The highest BCUT2D eigenvalue weighted by molar-refractivity contribution is 4.57. The van der Waals surface area contributed by atoms with E-state index >= 15 is 0 Å². The van der Waals surface area contributed by atoms with Crippen molar-refractivity contribution in [1.29, 1.82) is 0 Å². The predicted molar refractivity (Wildman–Crippen MR) is 51.2 cm³/mol. The Hall–Kier alpha value is -0.0800. The molecule has 0 heterocycles. The van der Waals surface area contributed by atoms with Gasteiger partial charge in [0.1, 0.15) is 0 Å². The third-order valence-corrected chi connectivity index (χ3v) is 2.04. The number of ether oxygens (including phenoxy) is 1. The fraction of sp³-hybridized carbons (Fsp3) is 1.00. The molecule has 0 aliphatic carbocycles. The minimum Gasteiger partial charge on any atom is -0.393 e. The maximum atomic E-state index is 9.10. The number of rotatable bonds is 7. The molecule has 1 N–H and O–H groups in total. The first-order chi connectivity index (χ1) is 5.66. The first kappa shape index (κ1) is 11.9. The molecule has 0 aromatic rings. The maximum Gasteiger partial charge on any atom is 0.0514 e. The fourth-order valence-corrected chi connectivity index (χ4v) is 1.44. The van der Waals surface area contributed by atoms with Gasteiger partial charge in [0.15, 0.2) is 0 Å². The molecule has 12 heavy (non-hydrogen) atoms. The van der Waals surface area contributed by atoms with Crippen LogP contribution < -0.4 is 0 Å². The van der Waals surface area contributed by atoms with Gasteiger partial charge < -0.3 is 9.84 Å². The van der Waals surface area contributed by atoms with E-state index < -0.39 is 0 Å². The smallest absolute Gasteiger partial charge is 0.0514 e. The van der Waals surface area contributed by atoms with E-state index in [4.69, 9.17) is 9.84 Å². The van der Waals surface area contributed by atoms with Crippen LogP contribution in [-0.4, -0.2) is 24.9 Å². The van der Waals surface area contributed by atoms with Gasteiger partial charge in [-0.05, 0) is 25.7 Å². The zero-order valence-corrected chi connectivity index (χ0v) is 8.55. The Bertz CT molecular complexity index is 91.8. The second-order valence-corrected chi connectivity index (χ2v) is 3.68. The number of hydrogen-bond donors (Lipinski definition) is 1. The summed E-state index contributed by atoms with van der Waals surface area (Å²) in [5, 5.41) is 9.10. The standard InChI is InChI=1S/C10H22O2/c1-9(8-10(2)11)6-4-5-7-12-3/h9-11H,4-8H2,1-3H3. The molecule has 2 atom stereocenters. The van der Waals surface area contributed by atoms with Gasteiger partial charge in [-0.2, -0.15) is 0 Å². The van der Waals surface area contributed by atoms with Gasteiger partial charge in [0.25, 0.3) is 0 Å². The van der Waals surface area contributed by atoms with Crippen LogP contribution in [0, 0.1) is 5.92 Å². The molecule has 0 rings (SSSR count). The van der Waals surface area contributed by atoms with E-state index in [2.05, 4.69) is 6.92 Å². The van der Waals surface area contributed by atoms with Crippen molar-refractivity contribution in [2.24, 2.45) is 5.92 Å². The molecule has 0 radical (unpaired) electrons. The zero-order valence-electron chi connectivity index (χ0n) is 8.55. The number of unbranched alkanes of at least 4 members (excludes halogenated alkanes) is 1. The van der Waals surface area contributed by atoms with Gasteiger partial charge in [-0.1, -0.05) is 19.8 Å². The molecule has 0 aromatic heterocycles. The van der Waals surface area contributed by atoms with Crippen molar-refractivity contribution in [3.8, 4) is 0 Å². The lowest BCUT2D eigenvalue weighted by Crippen LogP contribution is -2.07. The Morgan fingerprint density at radius 3 is 2.42 bits per heavy atom. The molecular weight excluding hydrogens is 152 g/mol. The maximum absolute atomic E-state index is 9.10. The minimum absolute atomic E-state index is 0.151. The molecule has 0 saturated heterocycles. The molecule has 74 valence electrons. The van der Waals surface area contributed by atoms with Crippen LogP contribution in [0.3, 0.4) is 0 Å². The zero-order chi connectivity index (χ0) is 9.40. The quantitative estimate of drug-likeness (QED) is 0.600. The monoisotopic (exact) mass is 174 g/mol. The van der Waals surface area contributed by atoms with E-state index in [1.807, 2.05) is 6.92 Å². The first-order valence-electron chi connectivity index (χ1n) is 4.83. The highest BCUT2D eigenvalue weighted by atomic mass is 16.5. The van der Waals surface area contributed by atoms with Crippen molar-refractivity contribution >= 4 is 0 Å². The van der Waals surface area contributed by atoms with Gasteiger partial charge in [0, 0.05) is 13.7 Å². The summed E-state index contributed by atoms with van der Waals surface area (Å²) < 4.78 is 4.96. The van der Waals surface area contributed by atoms with Crippen molar-refractivity contribution in [2.75, 3.05) is 13.7 Å². The molecular formula is C10H22O2. The molecule has 2 nitrogen and oxygen atoms in total. The van der Waals surface area contributed by atoms with Crippen LogP contribution in [0.1, 0.15) is 39.5 Å². The lowest BCUT2D eigenvalue weighted by Gasteiger charge is -2.12. The summed E-state index contributed by atoms with van der Waals surface area (Å²) in [6.45, 7) is 4.91. The van der Waals surface area contributed by atoms with Crippen molar-refractivity contribution in [3.63, 3.8) is 0 Å². The summed E-state index contributed by atoms with van der Waals surface area (Å²) in [6.07, 6.45) is 4.33. The summed E-state index contributed by atoms with van der Waals surface area (Å²) in [5.41, 5.74) is 0. The van der Waals surface area contributed by atoms with E-state index in [0.717, 1.165) is 19.4 Å². The summed E-state index contributed by atoms with van der Waals surface area (Å²) in [6, 6.07) is 0. The van der Waals surface area contributed by atoms with Crippen molar-refractivity contribution < 1.29 is 9.84 Å². The molecule has 0 aromatic carbocycles. The summed E-state index contributed by atoms with van der Waals surface area (Å²) >= 11 is 0. The Labute approximate surface area is 75.9 Å². The van der Waals surface area contributed by atoms with Gasteiger partial charge in [0.05, 0.1) is 6.10 Å². The Morgan fingerprint density at radius 1 is 1.25 bits per heavy atom. The molecule has 0 saturated carbocycles. The van der Waals surface area contributed by atoms with Crippen molar-refractivity contribution in [2.45, 2.75) is 45.6 Å². The van der Waals surface area contributed by atoms with Crippen LogP contribution in [-0.2, 0) is 4.74 Å². The predicted octanol–water partition coefficient (Wildman–Crippen LogP) is 2.21. The van der Waals surface area contributed by atoms with Crippen LogP contribution in [0.2, 0.25) is 0 Å². The number of aliphatic hydroxyl groups excluding tert-OH is 1. The average Bonchev–Trinajstić information content (AvgIpc) is 1.97. The third-order valence-electron chi connectivity index (χ3n) is 2.04. The van der Waals surface area contributed by atoms with Crippen LogP contribution in [0.5, 0.6) is 0 Å². The van der Waals surface area contributed by atoms with Crippen LogP contribution in [0.4, 0.5) is 0 Å². The fourth-order valence-electron chi connectivity index (χ4n) is 1.44. The third kappa shape index (κ3) is 8.02. The van der Waals surface area contributed by atoms with E-state index in [1.54, 1.807) is 7.11 Å². The Kier molecular flexibility index (Phi) is 7.51. The van der Waals surface area contributed by atoms with Crippen LogP contribution in [0.25, 0.3) is 0 Å². The lowest BCUT2D eigenvalue weighted by molar-refractivity contribution is 0.157. The number of aliphatic hydroxyl groups is 1. The second kappa shape index (κ2) is 7.56. The molecule has 0 aliphatic rings. The SMILES string of the molecule is COCCCCC(C)CC(C)O. The van der Waals surface area contributed by atoms with E-state index in [9.17, 15) is 0 Å². The summed E-state index contributed by atoms with van der Waals surface area (Å²) in [4.78, 5) is 0. The minimum atomic E-state index is -0.151. The Morgan fingerprint density at radius 2 is 1.92 bits per heavy atom. The van der Waals surface area contributed by atoms with Crippen molar-refractivity contribution in [3.05, 3.63) is 0 Å². The van der Waals surface area contributed by atoms with Gasteiger partial charge in [-0.25, -0.2) is 0 Å². The number of methoxy groups -OCH3 is 1. The summed E-state index contributed by atoms with van der Waals surface area (Å²) in [7, 11) is 1.74.